The second-order valence-corrected chi connectivity index (χ2v) is 4.83. The van der Waals surface area contributed by atoms with E-state index in [2.05, 4.69) is 5.16 Å². The van der Waals surface area contributed by atoms with Gasteiger partial charge in [-0.05, 0) is 12.1 Å². The molecule has 2 heterocycles. The van der Waals surface area contributed by atoms with Gasteiger partial charge in [-0.15, -0.1) is 0 Å². The van der Waals surface area contributed by atoms with E-state index in [1.54, 1.807) is 24.3 Å². The molecule has 0 unspecified atom stereocenters. The van der Waals surface area contributed by atoms with Gasteiger partial charge in [0.1, 0.15) is 23.7 Å². The molecular formula is C13H15NO6. The van der Waals surface area contributed by atoms with Crippen molar-refractivity contribution in [2.45, 2.75) is 24.6 Å². The zero-order chi connectivity index (χ0) is 14.3. The fourth-order valence-corrected chi connectivity index (χ4v) is 2.68. The summed E-state index contributed by atoms with van der Waals surface area (Å²) in [6.45, 7) is -0.446. The third-order valence-electron chi connectivity index (χ3n) is 3.71. The first-order chi connectivity index (χ1) is 9.67. The first kappa shape index (κ1) is 13.3. The Kier molecular flexibility index (Phi) is 3.35. The van der Waals surface area contributed by atoms with E-state index in [9.17, 15) is 15.4 Å². The molecule has 1 aromatic carbocycles. The molecule has 3 rings (SSSR count). The predicted octanol–water partition coefficient (Wildman–Crippen LogP) is -0.688. The van der Waals surface area contributed by atoms with Crippen LogP contribution >= 0.6 is 0 Å². The maximum atomic E-state index is 10.2. The Morgan fingerprint density at radius 3 is 2.60 bits per heavy atom. The largest absolute Gasteiger partial charge is 0.463 e. The maximum absolute atomic E-state index is 10.2. The van der Waals surface area contributed by atoms with Gasteiger partial charge in [0, 0.05) is 5.56 Å². The molecule has 1 saturated heterocycles. The van der Waals surface area contributed by atoms with E-state index in [-0.39, 0.29) is 5.71 Å². The van der Waals surface area contributed by atoms with E-state index < -0.39 is 37.1 Å². The van der Waals surface area contributed by atoms with Crippen molar-refractivity contribution in [2.24, 2.45) is 11.1 Å². The number of para-hydroxylation sites is 1. The summed E-state index contributed by atoms with van der Waals surface area (Å²) < 4.78 is 11.1. The summed E-state index contributed by atoms with van der Waals surface area (Å²) in [4.78, 5) is 0. The van der Waals surface area contributed by atoms with Gasteiger partial charge in [-0.3, -0.25) is 0 Å². The van der Waals surface area contributed by atoms with Crippen molar-refractivity contribution in [3.63, 3.8) is 0 Å². The summed E-state index contributed by atoms with van der Waals surface area (Å²) in [6, 6.07) is 6.88. The molecule has 0 saturated carbocycles. The molecule has 7 nitrogen and oxygen atoms in total. The lowest BCUT2D eigenvalue weighted by Crippen LogP contribution is -2.60. The number of aliphatic hydroxyl groups is 3. The van der Waals surface area contributed by atoms with Gasteiger partial charge in [0.05, 0.1) is 18.6 Å². The van der Waals surface area contributed by atoms with Gasteiger partial charge in [0.15, 0.2) is 0 Å². The van der Waals surface area contributed by atoms with Crippen molar-refractivity contribution in [3.8, 4) is 5.75 Å². The molecule has 0 spiro atoms. The highest BCUT2D eigenvalue weighted by atomic mass is 16.7. The first-order valence-corrected chi connectivity index (χ1v) is 6.28. The smallest absolute Gasteiger partial charge is 0.211 e. The lowest BCUT2D eigenvalue weighted by atomic mass is 9.83. The number of hydrogen-bond donors (Lipinski definition) is 4. The van der Waals surface area contributed by atoms with Crippen molar-refractivity contribution < 1.29 is 30.0 Å². The minimum Gasteiger partial charge on any atom is -0.463 e. The van der Waals surface area contributed by atoms with Gasteiger partial charge in [0.2, 0.25) is 6.29 Å². The molecule has 4 N–H and O–H groups in total. The normalized spacial score (nSPS) is 38.0. The molecule has 0 bridgehead atoms. The summed E-state index contributed by atoms with van der Waals surface area (Å²) in [6.07, 6.45) is -4.42. The second kappa shape index (κ2) is 5.02. The molecule has 20 heavy (non-hydrogen) atoms. The fourth-order valence-electron chi connectivity index (χ4n) is 2.68. The summed E-state index contributed by atoms with van der Waals surface area (Å²) in [5.41, 5.74) is 0.730. The van der Waals surface area contributed by atoms with Crippen molar-refractivity contribution in [1.82, 2.24) is 0 Å². The lowest BCUT2D eigenvalue weighted by Gasteiger charge is -2.44. The average Bonchev–Trinajstić information content (AvgIpc) is 2.48. The van der Waals surface area contributed by atoms with Gasteiger partial charge in [-0.1, -0.05) is 17.3 Å². The number of hydrogen-bond acceptors (Lipinski definition) is 7. The van der Waals surface area contributed by atoms with Crippen LogP contribution in [0.15, 0.2) is 29.4 Å². The first-order valence-electron chi connectivity index (χ1n) is 6.28. The molecule has 108 valence electrons. The van der Waals surface area contributed by atoms with Crippen LogP contribution in [0.5, 0.6) is 5.75 Å². The number of benzene rings is 1. The summed E-state index contributed by atoms with van der Waals surface area (Å²) in [7, 11) is 0. The highest BCUT2D eigenvalue weighted by Crippen LogP contribution is 2.37. The monoisotopic (exact) mass is 281 g/mol. The average molecular weight is 281 g/mol. The Labute approximate surface area is 114 Å². The van der Waals surface area contributed by atoms with Crippen LogP contribution < -0.4 is 4.74 Å². The number of aliphatic hydroxyl groups excluding tert-OH is 3. The Morgan fingerprint density at radius 2 is 1.90 bits per heavy atom. The quantitative estimate of drug-likeness (QED) is 0.400. The molecule has 2 aliphatic rings. The van der Waals surface area contributed by atoms with E-state index in [0.717, 1.165) is 0 Å². The van der Waals surface area contributed by atoms with E-state index in [1.807, 2.05) is 0 Å². The van der Waals surface area contributed by atoms with Gasteiger partial charge in [0.25, 0.3) is 0 Å². The number of fused-ring (bicyclic) bond motifs is 2. The van der Waals surface area contributed by atoms with Crippen LogP contribution in [-0.2, 0) is 4.74 Å². The Morgan fingerprint density at radius 1 is 1.15 bits per heavy atom. The van der Waals surface area contributed by atoms with Crippen molar-refractivity contribution in [2.75, 3.05) is 6.61 Å². The van der Waals surface area contributed by atoms with Crippen molar-refractivity contribution >= 4 is 5.71 Å². The molecular weight excluding hydrogens is 266 g/mol. The topological polar surface area (TPSA) is 112 Å². The van der Waals surface area contributed by atoms with Crippen LogP contribution in [0.2, 0.25) is 0 Å². The summed E-state index contributed by atoms with van der Waals surface area (Å²) in [5, 5.41) is 41.7. The van der Waals surface area contributed by atoms with E-state index in [1.165, 1.54) is 0 Å². The molecule has 2 aliphatic heterocycles. The lowest BCUT2D eigenvalue weighted by molar-refractivity contribution is -0.248. The van der Waals surface area contributed by atoms with Gasteiger partial charge in [-0.2, -0.15) is 0 Å². The van der Waals surface area contributed by atoms with Crippen LogP contribution in [0.25, 0.3) is 0 Å². The molecule has 1 fully saturated rings. The molecule has 5 atom stereocenters. The Balaban J connectivity index is 2.03. The van der Waals surface area contributed by atoms with Gasteiger partial charge >= 0.3 is 0 Å². The zero-order valence-electron chi connectivity index (χ0n) is 10.5. The highest BCUT2D eigenvalue weighted by molar-refractivity contribution is 6.05. The van der Waals surface area contributed by atoms with Crippen molar-refractivity contribution in [3.05, 3.63) is 29.8 Å². The molecule has 1 aromatic rings. The summed E-state index contributed by atoms with van der Waals surface area (Å²) >= 11 is 0. The second-order valence-electron chi connectivity index (χ2n) is 4.83. The SMILES string of the molecule is OC[C@H]1O[C@@H]2Oc3ccccc3/C(=N/O)[C@@H]2[C@@H](O)[C@H]1O. The molecule has 0 radical (unpaired) electrons. The number of nitrogens with zero attached hydrogens (tertiary/aromatic N) is 1. The van der Waals surface area contributed by atoms with Gasteiger partial charge < -0.3 is 30.0 Å². The maximum Gasteiger partial charge on any atom is 0.211 e. The minimum absolute atomic E-state index is 0.194. The highest BCUT2D eigenvalue weighted by Gasteiger charge is 2.50. The predicted molar refractivity (Wildman–Crippen MR) is 66.6 cm³/mol. The van der Waals surface area contributed by atoms with Crippen LogP contribution in [0.3, 0.4) is 0 Å². The molecule has 0 aromatic heterocycles. The van der Waals surface area contributed by atoms with Crippen LogP contribution in [0, 0.1) is 5.92 Å². The third-order valence-corrected chi connectivity index (χ3v) is 3.71. The number of rotatable bonds is 1. The summed E-state index contributed by atoms with van der Waals surface area (Å²) in [5.74, 6) is -0.366. The molecule has 0 amide bonds. The van der Waals surface area contributed by atoms with E-state index in [0.29, 0.717) is 11.3 Å². The van der Waals surface area contributed by atoms with Crippen LogP contribution in [0.1, 0.15) is 5.56 Å². The number of oxime groups is 1. The van der Waals surface area contributed by atoms with Crippen LogP contribution in [-0.4, -0.2) is 57.4 Å². The zero-order valence-corrected chi connectivity index (χ0v) is 10.5. The minimum atomic E-state index is -1.29. The Hall–Kier alpha value is -1.67. The fraction of sp³-hybridized carbons (Fsp3) is 0.462. The number of ether oxygens (including phenoxy) is 2. The third kappa shape index (κ3) is 1.87. The van der Waals surface area contributed by atoms with Crippen LogP contribution in [0.4, 0.5) is 0 Å². The molecule has 7 heteroatoms. The van der Waals surface area contributed by atoms with Gasteiger partial charge in [-0.25, -0.2) is 0 Å². The standard InChI is InChI=1S/C13H15NO6/c15-5-8-11(16)12(17)9-10(14-18)6-3-1-2-4-7(6)19-13(9)20-8/h1-4,8-9,11-13,15-18H,5H2/b14-10-/t8-,9-,11+,12-,13+/m1/s1. The molecule has 0 aliphatic carbocycles. The van der Waals surface area contributed by atoms with Crippen molar-refractivity contribution in [1.29, 1.82) is 0 Å². The Bertz CT molecular complexity index is 533. The van der Waals surface area contributed by atoms with E-state index >= 15 is 0 Å². The van der Waals surface area contributed by atoms with E-state index in [4.69, 9.17) is 14.6 Å².